The molecule has 0 aliphatic rings. The zero-order valence-electron chi connectivity index (χ0n) is 38.6. The van der Waals surface area contributed by atoms with E-state index in [0.29, 0.717) is 17.4 Å². The summed E-state index contributed by atoms with van der Waals surface area (Å²) in [5, 5.41) is 13.8. The molecule has 0 saturated heterocycles. The first-order valence-electron chi connectivity index (χ1n) is 24.6. The summed E-state index contributed by atoms with van der Waals surface area (Å²) in [6.45, 7) is 4.67. The number of unbranched alkanes of at least 4 members (excludes halogenated alkanes) is 32. The van der Waals surface area contributed by atoms with Crippen LogP contribution in [0.25, 0.3) is 0 Å². The van der Waals surface area contributed by atoms with Crippen molar-refractivity contribution < 1.29 is 32.9 Å². The number of carbonyl (C=O) groups is 1. The quantitative estimate of drug-likeness (QED) is 0.0274. The van der Waals surface area contributed by atoms with Crippen LogP contribution in [0.1, 0.15) is 239 Å². The lowest BCUT2D eigenvalue weighted by Gasteiger charge is -2.29. The normalized spacial score (nSPS) is 14.3. The largest absolute Gasteiger partial charge is 0.756 e. The van der Waals surface area contributed by atoms with Crippen molar-refractivity contribution in [3.05, 3.63) is 12.2 Å². The van der Waals surface area contributed by atoms with Crippen molar-refractivity contribution in [2.75, 3.05) is 40.9 Å². The summed E-state index contributed by atoms with van der Waals surface area (Å²) in [5.74, 6) is -0.195. The van der Waals surface area contributed by atoms with E-state index in [1.165, 1.54) is 180 Å². The van der Waals surface area contributed by atoms with Gasteiger partial charge < -0.3 is 28.8 Å². The molecule has 0 bridgehead atoms. The van der Waals surface area contributed by atoms with Crippen molar-refractivity contribution in [2.24, 2.45) is 0 Å². The Labute approximate surface area is 354 Å². The number of hydrogen-bond donors (Lipinski definition) is 2. The van der Waals surface area contributed by atoms with Crippen molar-refractivity contribution >= 4 is 13.7 Å². The second kappa shape index (κ2) is 40.6. The second-order valence-corrected chi connectivity index (χ2v) is 19.6. The maximum atomic E-state index is 12.9. The minimum absolute atomic E-state index is 0.00226. The molecule has 0 spiro atoms. The summed E-state index contributed by atoms with van der Waals surface area (Å²) >= 11 is 0. The van der Waals surface area contributed by atoms with Crippen LogP contribution in [0.2, 0.25) is 0 Å². The molecule has 0 fully saturated rings. The Morgan fingerprint density at radius 3 is 1.32 bits per heavy atom. The maximum absolute atomic E-state index is 12.9. The van der Waals surface area contributed by atoms with E-state index in [2.05, 4.69) is 19.2 Å². The lowest BCUT2D eigenvalue weighted by molar-refractivity contribution is -0.870. The highest BCUT2D eigenvalue weighted by Gasteiger charge is 2.23. The van der Waals surface area contributed by atoms with Crippen LogP contribution >= 0.6 is 7.82 Å². The van der Waals surface area contributed by atoms with Crippen molar-refractivity contribution in [1.82, 2.24) is 5.32 Å². The molecular formula is C48H97N2O6P. The zero-order valence-corrected chi connectivity index (χ0v) is 39.5. The number of allylic oxidation sites excluding steroid dienone is 1. The number of nitrogens with one attached hydrogen (secondary N) is 1. The van der Waals surface area contributed by atoms with Gasteiger partial charge in [-0.1, -0.05) is 225 Å². The van der Waals surface area contributed by atoms with Gasteiger partial charge in [-0.3, -0.25) is 9.36 Å². The summed E-state index contributed by atoms with van der Waals surface area (Å²) in [6, 6.07) is -0.880. The van der Waals surface area contributed by atoms with E-state index >= 15 is 0 Å². The molecular weight excluding hydrogens is 732 g/mol. The van der Waals surface area contributed by atoms with Crippen molar-refractivity contribution in [2.45, 2.75) is 251 Å². The van der Waals surface area contributed by atoms with E-state index in [1.54, 1.807) is 6.08 Å². The molecule has 1 amide bonds. The molecule has 0 radical (unpaired) electrons. The van der Waals surface area contributed by atoms with Crippen LogP contribution in [-0.2, 0) is 18.4 Å². The SMILES string of the molecule is CCCCCCCCCCCCCCCCCCCCCC/C=C/C(O)C(COP(=O)([O-])OCC[N+](C)(C)C)NC(=O)CCCCCCCCCCCCCCC. The molecule has 57 heavy (non-hydrogen) atoms. The van der Waals surface area contributed by atoms with Gasteiger partial charge in [0.1, 0.15) is 13.2 Å². The summed E-state index contributed by atoms with van der Waals surface area (Å²) < 4.78 is 23.2. The fourth-order valence-corrected chi connectivity index (χ4v) is 8.05. The minimum atomic E-state index is -4.58. The monoisotopic (exact) mass is 829 g/mol. The highest BCUT2D eigenvalue weighted by molar-refractivity contribution is 7.45. The van der Waals surface area contributed by atoms with Gasteiger partial charge in [-0.25, -0.2) is 0 Å². The third-order valence-corrected chi connectivity index (χ3v) is 12.2. The Morgan fingerprint density at radius 1 is 0.596 bits per heavy atom. The smallest absolute Gasteiger partial charge is 0.268 e. The Hall–Kier alpha value is -0.760. The van der Waals surface area contributed by atoms with Gasteiger partial charge >= 0.3 is 0 Å². The highest BCUT2D eigenvalue weighted by atomic mass is 31.2. The fraction of sp³-hybridized carbons (Fsp3) is 0.938. The number of phosphoric acid groups is 1. The van der Waals surface area contributed by atoms with Gasteiger partial charge in [0.15, 0.2) is 0 Å². The third-order valence-electron chi connectivity index (χ3n) is 11.2. The number of amides is 1. The Bertz CT molecular complexity index is 942. The molecule has 0 saturated carbocycles. The van der Waals surface area contributed by atoms with Crippen molar-refractivity contribution in [3.8, 4) is 0 Å². The van der Waals surface area contributed by atoms with Crippen LogP contribution in [0.15, 0.2) is 12.2 Å². The van der Waals surface area contributed by atoms with Gasteiger partial charge in [0.2, 0.25) is 5.91 Å². The van der Waals surface area contributed by atoms with E-state index in [1.807, 2.05) is 27.2 Å². The van der Waals surface area contributed by atoms with Crippen LogP contribution < -0.4 is 10.2 Å². The number of hydrogen-bond acceptors (Lipinski definition) is 6. The summed E-state index contributed by atoms with van der Waals surface area (Å²) in [5.41, 5.74) is 0. The molecule has 3 atom stereocenters. The molecule has 3 unspecified atom stereocenters. The second-order valence-electron chi connectivity index (χ2n) is 18.2. The number of nitrogens with zero attached hydrogens (tertiary/aromatic N) is 1. The predicted octanol–water partition coefficient (Wildman–Crippen LogP) is 13.3. The van der Waals surface area contributed by atoms with Gasteiger partial charge in [-0.05, 0) is 19.3 Å². The standard InChI is InChI=1S/C48H97N2O6P/c1-6-8-10-12-14-16-18-20-21-22-23-24-25-26-27-28-30-31-33-35-37-39-41-47(51)46(45-56-57(53,54)55-44-43-50(3,4)5)49-48(52)42-40-38-36-34-32-29-19-17-15-13-11-9-7-2/h39,41,46-47,51H,6-38,40,42-45H2,1-5H3,(H-,49,52,53,54)/b41-39+. The van der Waals surface area contributed by atoms with Crippen LogP contribution in [0.3, 0.4) is 0 Å². The topological polar surface area (TPSA) is 108 Å². The molecule has 2 N–H and O–H groups in total. The van der Waals surface area contributed by atoms with E-state index in [-0.39, 0.29) is 19.1 Å². The number of rotatable bonds is 45. The highest BCUT2D eigenvalue weighted by Crippen LogP contribution is 2.38. The van der Waals surface area contributed by atoms with E-state index in [9.17, 15) is 19.4 Å². The molecule has 8 nitrogen and oxygen atoms in total. The Kier molecular flexibility index (Phi) is 40.1. The van der Waals surface area contributed by atoms with Crippen LogP contribution in [0.5, 0.6) is 0 Å². The molecule has 340 valence electrons. The first-order chi connectivity index (χ1) is 27.5. The lowest BCUT2D eigenvalue weighted by atomic mass is 10.0. The van der Waals surface area contributed by atoms with Gasteiger partial charge in [0, 0.05) is 6.42 Å². The average molecular weight is 829 g/mol. The molecule has 0 aromatic rings. The Balaban J connectivity index is 4.28. The van der Waals surface area contributed by atoms with E-state index < -0.39 is 20.0 Å². The molecule has 0 aromatic heterocycles. The number of carbonyl (C=O) groups excluding carboxylic acids is 1. The van der Waals surface area contributed by atoms with E-state index in [0.717, 1.165) is 38.5 Å². The van der Waals surface area contributed by atoms with Crippen LogP contribution in [0.4, 0.5) is 0 Å². The van der Waals surface area contributed by atoms with Gasteiger partial charge in [-0.15, -0.1) is 0 Å². The van der Waals surface area contributed by atoms with Crippen LogP contribution in [-0.4, -0.2) is 68.5 Å². The van der Waals surface area contributed by atoms with Crippen molar-refractivity contribution in [1.29, 1.82) is 0 Å². The van der Waals surface area contributed by atoms with Gasteiger partial charge in [-0.2, -0.15) is 0 Å². The average Bonchev–Trinajstić information content (AvgIpc) is 3.16. The Morgan fingerprint density at radius 2 is 0.947 bits per heavy atom. The fourth-order valence-electron chi connectivity index (χ4n) is 7.33. The molecule has 0 heterocycles. The number of aliphatic hydroxyl groups is 1. The molecule has 0 aromatic carbocycles. The van der Waals surface area contributed by atoms with Crippen LogP contribution in [0, 0.1) is 0 Å². The van der Waals surface area contributed by atoms with Gasteiger partial charge in [0.25, 0.3) is 7.82 Å². The lowest BCUT2D eigenvalue weighted by Crippen LogP contribution is -2.45. The van der Waals surface area contributed by atoms with Crippen molar-refractivity contribution in [3.63, 3.8) is 0 Å². The zero-order chi connectivity index (χ0) is 42.1. The number of likely N-dealkylation sites (N-methyl/N-ethyl adjacent to an activating group) is 1. The molecule has 0 rings (SSSR count). The molecule has 9 heteroatoms. The molecule has 0 aliphatic carbocycles. The number of aliphatic hydroxyl groups excluding tert-OH is 1. The number of phosphoric ester groups is 1. The summed E-state index contributed by atoms with van der Waals surface area (Å²) in [4.78, 5) is 25.3. The third kappa shape index (κ3) is 43.1. The molecule has 0 aliphatic heterocycles. The van der Waals surface area contributed by atoms with E-state index in [4.69, 9.17) is 9.05 Å². The summed E-state index contributed by atoms with van der Waals surface area (Å²) in [6.07, 6.45) is 46.9. The first kappa shape index (κ1) is 56.2. The summed E-state index contributed by atoms with van der Waals surface area (Å²) in [7, 11) is 1.27. The maximum Gasteiger partial charge on any atom is 0.268 e. The number of quaternary nitrogens is 1. The van der Waals surface area contributed by atoms with Gasteiger partial charge in [0.05, 0.1) is 39.9 Å². The minimum Gasteiger partial charge on any atom is -0.756 e. The first-order valence-corrected chi connectivity index (χ1v) is 26.0. The predicted molar refractivity (Wildman–Crippen MR) is 242 cm³/mol.